The molecule has 6 nitrogen and oxygen atoms in total. The molecule has 0 atom stereocenters. The molecule has 2 aromatic rings. The fourth-order valence-electron chi connectivity index (χ4n) is 1.52. The van der Waals surface area contributed by atoms with E-state index in [1.54, 1.807) is 12.3 Å². The van der Waals surface area contributed by atoms with Gasteiger partial charge in [0.1, 0.15) is 16.5 Å². The summed E-state index contributed by atoms with van der Waals surface area (Å²) in [6.45, 7) is 2.47. The van der Waals surface area contributed by atoms with Gasteiger partial charge in [0, 0.05) is 18.8 Å². The number of hydrogen-bond acceptors (Lipinski definition) is 4. The van der Waals surface area contributed by atoms with Crippen LogP contribution in [0.2, 0.25) is 0 Å². The van der Waals surface area contributed by atoms with Crippen molar-refractivity contribution in [1.29, 1.82) is 0 Å². The van der Waals surface area contributed by atoms with E-state index in [4.69, 9.17) is 4.42 Å². The second kappa shape index (κ2) is 4.18. The van der Waals surface area contributed by atoms with Gasteiger partial charge in [0.25, 0.3) is 0 Å². The Morgan fingerprint density at radius 1 is 1.56 bits per heavy atom. The van der Waals surface area contributed by atoms with Crippen LogP contribution in [0.4, 0.5) is 5.88 Å². The quantitative estimate of drug-likeness (QED) is 0.584. The van der Waals surface area contributed by atoms with Crippen LogP contribution in [0, 0.1) is 10.1 Å². The summed E-state index contributed by atoms with van der Waals surface area (Å²) in [6.07, 6.45) is 4.35. The molecule has 16 heavy (non-hydrogen) atoms. The Morgan fingerprint density at radius 2 is 2.38 bits per heavy atom. The van der Waals surface area contributed by atoms with Gasteiger partial charge in [-0.05, 0) is 6.07 Å². The fourth-order valence-corrected chi connectivity index (χ4v) is 1.52. The Labute approximate surface area is 91.7 Å². The highest BCUT2D eigenvalue weighted by molar-refractivity contribution is 5.18. The molecule has 2 aromatic heterocycles. The largest absolute Gasteiger partial charge is 0.433 e. The van der Waals surface area contributed by atoms with Crippen LogP contribution in [-0.4, -0.2) is 14.5 Å². The maximum atomic E-state index is 10.4. The smallest absolute Gasteiger partial charge is 0.404 e. The van der Waals surface area contributed by atoms with Crippen molar-refractivity contribution < 1.29 is 9.34 Å². The summed E-state index contributed by atoms with van der Waals surface area (Å²) in [5.41, 5.74) is 0. The second-order valence-corrected chi connectivity index (χ2v) is 3.32. The SMILES string of the molecule is CCc1nccn1Cc1ccc([N+](=O)[O-])o1. The summed E-state index contributed by atoms with van der Waals surface area (Å²) in [6, 6.07) is 2.97. The van der Waals surface area contributed by atoms with Crippen molar-refractivity contribution >= 4 is 5.88 Å². The Kier molecular flexibility index (Phi) is 2.72. The van der Waals surface area contributed by atoms with E-state index in [9.17, 15) is 10.1 Å². The fraction of sp³-hybridized carbons (Fsp3) is 0.300. The van der Waals surface area contributed by atoms with E-state index in [-0.39, 0.29) is 5.88 Å². The van der Waals surface area contributed by atoms with E-state index in [1.165, 1.54) is 6.07 Å². The van der Waals surface area contributed by atoms with Gasteiger partial charge in [-0.2, -0.15) is 0 Å². The van der Waals surface area contributed by atoms with Crippen LogP contribution >= 0.6 is 0 Å². The number of rotatable bonds is 4. The third-order valence-electron chi connectivity index (χ3n) is 2.27. The highest BCUT2D eigenvalue weighted by Gasteiger charge is 2.12. The maximum absolute atomic E-state index is 10.4. The normalized spacial score (nSPS) is 10.6. The van der Waals surface area contributed by atoms with E-state index in [1.807, 2.05) is 17.7 Å². The van der Waals surface area contributed by atoms with Crippen molar-refractivity contribution in [1.82, 2.24) is 9.55 Å². The molecule has 0 aliphatic rings. The Bertz CT molecular complexity index is 501. The first-order valence-electron chi connectivity index (χ1n) is 4.94. The van der Waals surface area contributed by atoms with E-state index in [0.717, 1.165) is 12.2 Å². The van der Waals surface area contributed by atoms with Crippen molar-refractivity contribution in [2.45, 2.75) is 19.9 Å². The summed E-state index contributed by atoms with van der Waals surface area (Å²) < 4.78 is 6.98. The summed E-state index contributed by atoms with van der Waals surface area (Å²) in [5.74, 6) is 1.26. The van der Waals surface area contributed by atoms with Crippen molar-refractivity contribution in [3.63, 3.8) is 0 Å². The van der Waals surface area contributed by atoms with Gasteiger partial charge in [-0.25, -0.2) is 4.98 Å². The highest BCUT2D eigenvalue weighted by atomic mass is 16.6. The van der Waals surface area contributed by atoms with Crippen LogP contribution in [0.25, 0.3) is 0 Å². The molecule has 0 N–H and O–H groups in total. The van der Waals surface area contributed by atoms with Gasteiger partial charge in [-0.1, -0.05) is 6.92 Å². The standard InChI is InChI=1S/C10H11N3O3/c1-2-9-11-5-6-12(9)7-8-3-4-10(16-8)13(14)15/h3-6H,2,7H2,1H3. The van der Waals surface area contributed by atoms with Crippen LogP contribution in [0.5, 0.6) is 0 Å². The van der Waals surface area contributed by atoms with E-state index < -0.39 is 4.92 Å². The lowest BCUT2D eigenvalue weighted by Crippen LogP contribution is -2.02. The maximum Gasteiger partial charge on any atom is 0.433 e. The predicted octanol–water partition coefficient (Wildman–Crippen LogP) is 1.99. The van der Waals surface area contributed by atoms with Gasteiger partial charge in [-0.15, -0.1) is 0 Å². The molecule has 0 amide bonds. The van der Waals surface area contributed by atoms with Gasteiger partial charge < -0.3 is 8.98 Å². The first kappa shape index (κ1) is 10.4. The zero-order valence-corrected chi connectivity index (χ0v) is 8.79. The lowest BCUT2D eigenvalue weighted by atomic mass is 10.4. The van der Waals surface area contributed by atoms with Crippen LogP contribution in [0.1, 0.15) is 18.5 Å². The van der Waals surface area contributed by atoms with Crippen molar-refractivity contribution in [2.75, 3.05) is 0 Å². The zero-order valence-electron chi connectivity index (χ0n) is 8.79. The van der Waals surface area contributed by atoms with Gasteiger partial charge in [0.15, 0.2) is 0 Å². The number of furan rings is 1. The number of aryl methyl sites for hydroxylation is 1. The molecular weight excluding hydrogens is 210 g/mol. The first-order valence-corrected chi connectivity index (χ1v) is 4.94. The second-order valence-electron chi connectivity index (χ2n) is 3.32. The molecule has 0 aromatic carbocycles. The minimum atomic E-state index is -0.544. The average Bonchev–Trinajstić information content (AvgIpc) is 2.87. The summed E-state index contributed by atoms with van der Waals surface area (Å²) >= 11 is 0. The molecular formula is C10H11N3O3. The third kappa shape index (κ3) is 1.95. The number of aromatic nitrogens is 2. The Morgan fingerprint density at radius 3 is 3.00 bits per heavy atom. The summed E-state index contributed by atoms with van der Waals surface area (Å²) in [7, 11) is 0. The molecule has 0 unspecified atom stereocenters. The average molecular weight is 221 g/mol. The zero-order chi connectivity index (χ0) is 11.5. The van der Waals surface area contributed by atoms with Crippen LogP contribution in [-0.2, 0) is 13.0 Å². The Balaban J connectivity index is 2.17. The van der Waals surface area contributed by atoms with Crippen molar-refractivity contribution in [3.05, 3.63) is 46.2 Å². The molecule has 2 heterocycles. The van der Waals surface area contributed by atoms with Gasteiger partial charge in [0.2, 0.25) is 0 Å². The predicted molar refractivity (Wildman–Crippen MR) is 56.1 cm³/mol. The lowest BCUT2D eigenvalue weighted by Gasteiger charge is -2.02. The molecule has 0 bridgehead atoms. The van der Waals surface area contributed by atoms with Crippen molar-refractivity contribution in [2.24, 2.45) is 0 Å². The molecule has 2 rings (SSSR count). The molecule has 0 spiro atoms. The summed E-state index contributed by atoms with van der Waals surface area (Å²) in [5, 5.41) is 10.4. The number of hydrogen-bond donors (Lipinski definition) is 0. The molecule has 0 aliphatic carbocycles. The highest BCUT2D eigenvalue weighted by Crippen LogP contribution is 2.17. The Hall–Kier alpha value is -2.11. The molecule has 0 aliphatic heterocycles. The van der Waals surface area contributed by atoms with Gasteiger partial charge in [0.05, 0.1) is 12.6 Å². The minimum absolute atomic E-state index is 0.229. The monoisotopic (exact) mass is 221 g/mol. The van der Waals surface area contributed by atoms with Crippen molar-refractivity contribution in [3.8, 4) is 0 Å². The molecule has 0 radical (unpaired) electrons. The number of nitrogens with zero attached hydrogens (tertiary/aromatic N) is 3. The van der Waals surface area contributed by atoms with E-state index in [0.29, 0.717) is 12.3 Å². The molecule has 84 valence electrons. The van der Waals surface area contributed by atoms with Gasteiger partial charge in [-0.3, -0.25) is 10.1 Å². The third-order valence-corrected chi connectivity index (χ3v) is 2.27. The first-order chi connectivity index (χ1) is 7.70. The van der Waals surface area contributed by atoms with E-state index in [2.05, 4.69) is 4.98 Å². The lowest BCUT2D eigenvalue weighted by molar-refractivity contribution is -0.402. The molecule has 0 saturated heterocycles. The molecule has 0 saturated carbocycles. The van der Waals surface area contributed by atoms with Crippen LogP contribution in [0.3, 0.4) is 0 Å². The number of imidazole rings is 1. The molecule has 6 heteroatoms. The van der Waals surface area contributed by atoms with Gasteiger partial charge >= 0.3 is 5.88 Å². The molecule has 0 fully saturated rings. The summed E-state index contributed by atoms with van der Waals surface area (Å²) in [4.78, 5) is 14.0. The minimum Gasteiger partial charge on any atom is -0.404 e. The topological polar surface area (TPSA) is 74.1 Å². The van der Waals surface area contributed by atoms with Crippen LogP contribution < -0.4 is 0 Å². The van der Waals surface area contributed by atoms with E-state index >= 15 is 0 Å². The number of nitro groups is 1. The van der Waals surface area contributed by atoms with Crippen LogP contribution in [0.15, 0.2) is 28.9 Å².